The molecule has 1 N–H and O–H groups in total. The third-order valence-corrected chi connectivity index (χ3v) is 5.90. The van der Waals surface area contributed by atoms with E-state index in [0.717, 1.165) is 27.8 Å². The minimum Gasteiger partial charge on any atom is -0.467 e. The highest BCUT2D eigenvalue weighted by Crippen LogP contribution is 2.71. The van der Waals surface area contributed by atoms with Crippen molar-refractivity contribution in [2.75, 3.05) is 13.7 Å². The van der Waals surface area contributed by atoms with E-state index in [1.165, 1.54) is 7.11 Å². The Kier molecular flexibility index (Phi) is 3.00. The molecule has 2 aromatic rings. The van der Waals surface area contributed by atoms with Crippen molar-refractivity contribution in [2.24, 2.45) is 11.8 Å². The Balaban J connectivity index is 1.73. The fraction of sp³-hybridized carbons (Fsp3) is 0.286. The molecule has 25 heavy (non-hydrogen) atoms. The summed E-state index contributed by atoms with van der Waals surface area (Å²) in [6, 6.07) is 17.9. The van der Waals surface area contributed by atoms with Crippen LogP contribution in [-0.2, 0) is 19.9 Å². The van der Waals surface area contributed by atoms with Crippen LogP contribution in [0.4, 0.5) is 0 Å². The lowest BCUT2D eigenvalue weighted by molar-refractivity contribution is -0.169. The third-order valence-electron chi connectivity index (χ3n) is 5.90. The van der Waals surface area contributed by atoms with Gasteiger partial charge in [0, 0.05) is 17.4 Å². The zero-order chi connectivity index (χ0) is 17.2. The minimum absolute atomic E-state index is 0.0681. The number of ether oxygens (including phenoxy) is 2. The second-order valence-corrected chi connectivity index (χ2v) is 6.82. The number of fused-ring (bicyclic) bond motifs is 8. The van der Waals surface area contributed by atoms with Gasteiger partial charge in [-0.1, -0.05) is 54.6 Å². The fourth-order valence-electron chi connectivity index (χ4n) is 5.03. The normalized spacial score (nSPS) is 31.4. The molecule has 0 aromatic heterocycles. The Hall–Kier alpha value is -2.43. The molecule has 4 unspecified atom stereocenters. The lowest BCUT2D eigenvalue weighted by atomic mass is 9.54. The van der Waals surface area contributed by atoms with Gasteiger partial charge in [0.05, 0.1) is 19.8 Å². The first-order valence-electron chi connectivity index (χ1n) is 8.49. The smallest absolute Gasteiger partial charge is 0.343 e. The standard InChI is InChI=1S/C21H18O4/c1-24-20(23)21-15-10-6-5-9-13(15)19(25-21)17-16(14(11-22)18(17)21)12-7-3-2-4-8-12/h2-10,17-19,22H,11H2,1H3. The van der Waals surface area contributed by atoms with Crippen molar-refractivity contribution < 1.29 is 19.4 Å². The maximum absolute atomic E-state index is 12.8. The predicted octanol–water partition coefficient (Wildman–Crippen LogP) is 2.83. The average Bonchev–Trinajstić information content (AvgIpc) is 3.12. The largest absolute Gasteiger partial charge is 0.467 e. The highest BCUT2D eigenvalue weighted by molar-refractivity contribution is 5.91. The van der Waals surface area contributed by atoms with Crippen LogP contribution >= 0.6 is 0 Å². The predicted molar refractivity (Wildman–Crippen MR) is 91.4 cm³/mol. The van der Waals surface area contributed by atoms with Crippen LogP contribution in [0.15, 0.2) is 60.2 Å². The molecule has 0 amide bonds. The van der Waals surface area contributed by atoms with Gasteiger partial charge in [-0.2, -0.15) is 0 Å². The molecule has 0 saturated carbocycles. The van der Waals surface area contributed by atoms with Crippen molar-refractivity contribution in [1.82, 2.24) is 0 Å². The molecular weight excluding hydrogens is 316 g/mol. The van der Waals surface area contributed by atoms with E-state index in [1.54, 1.807) is 0 Å². The number of methoxy groups -OCH3 is 1. The summed E-state index contributed by atoms with van der Waals surface area (Å²) in [4.78, 5) is 12.8. The van der Waals surface area contributed by atoms with Crippen LogP contribution in [0.3, 0.4) is 0 Å². The lowest BCUT2D eigenvalue weighted by Gasteiger charge is -2.46. The topological polar surface area (TPSA) is 55.8 Å². The van der Waals surface area contributed by atoms with Crippen molar-refractivity contribution >= 4 is 11.5 Å². The summed E-state index contributed by atoms with van der Waals surface area (Å²) in [5, 5.41) is 10.0. The number of benzene rings is 2. The van der Waals surface area contributed by atoms with E-state index in [0.29, 0.717) is 0 Å². The van der Waals surface area contributed by atoms with Crippen LogP contribution in [0.5, 0.6) is 0 Å². The molecule has 1 fully saturated rings. The molecule has 1 saturated heterocycles. The molecule has 2 bridgehead atoms. The Bertz CT molecular complexity index is 901. The summed E-state index contributed by atoms with van der Waals surface area (Å²) in [6.45, 7) is -0.0810. The van der Waals surface area contributed by atoms with Gasteiger partial charge in [0.1, 0.15) is 0 Å². The monoisotopic (exact) mass is 334 g/mol. The number of carbonyl (C=O) groups excluding carboxylic acids is 1. The zero-order valence-corrected chi connectivity index (χ0v) is 13.8. The van der Waals surface area contributed by atoms with E-state index in [2.05, 4.69) is 0 Å². The van der Waals surface area contributed by atoms with Crippen LogP contribution < -0.4 is 0 Å². The van der Waals surface area contributed by atoms with Crippen molar-refractivity contribution in [3.8, 4) is 0 Å². The summed E-state index contributed by atoms with van der Waals surface area (Å²) in [5.74, 6) is -0.480. The quantitative estimate of drug-likeness (QED) is 0.877. The number of carbonyl (C=O) groups is 1. The molecule has 2 aliphatic heterocycles. The van der Waals surface area contributed by atoms with E-state index >= 15 is 0 Å². The van der Waals surface area contributed by atoms with Crippen molar-refractivity contribution in [3.63, 3.8) is 0 Å². The molecule has 0 spiro atoms. The van der Waals surface area contributed by atoms with Gasteiger partial charge in [0.2, 0.25) is 0 Å². The van der Waals surface area contributed by atoms with E-state index in [4.69, 9.17) is 9.47 Å². The van der Waals surface area contributed by atoms with Gasteiger partial charge in [-0.3, -0.25) is 0 Å². The number of aliphatic hydroxyl groups is 1. The van der Waals surface area contributed by atoms with E-state index < -0.39 is 5.60 Å². The highest BCUT2D eigenvalue weighted by Gasteiger charge is 2.72. The summed E-state index contributed by atoms with van der Waals surface area (Å²) < 4.78 is 11.5. The van der Waals surface area contributed by atoms with Crippen molar-refractivity contribution in [1.29, 1.82) is 0 Å². The van der Waals surface area contributed by atoms with Crippen molar-refractivity contribution in [2.45, 2.75) is 11.7 Å². The second kappa shape index (κ2) is 5.04. The maximum Gasteiger partial charge on any atom is 0.343 e. The molecule has 5 rings (SSSR count). The Morgan fingerprint density at radius 3 is 2.60 bits per heavy atom. The molecule has 1 aliphatic carbocycles. The van der Waals surface area contributed by atoms with Crippen LogP contribution in [0.2, 0.25) is 0 Å². The van der Waals surface area contributed by atoms with Gasteiger partial charge < -0.3 is 14.6 Å². The van der Waals surface area contributed by atoms with E-state index in [1.807, 2.05) is 54.6 Å². The Labute approximate surface area is 145 Å². The summed E-state index contributed by atoms with van der Waals surface area (Å²) in [6.07, 6.45) is -0.175. The van der Waals surface area contributed by atoms with E-state index in [-0.39, 0.29) is 30.5 Å². The Morgan fingerprint density at radius 2 is 1.88 bits per heavy atom. The van der Waals surface area contributed by atoms with Crippen LogP contribution in [0, 0.1) is 11.8 Å². The summed E-state index contributed by atoms with van der Waals surface area (Å²) in [7, 11) is 1.39. The van der Waals surface area contributed by atoms with Gasteiger partial charge in [0.15, 0.2) is 5.60 Å². The first-order chi connectivity index (χ1) is 12.2. The average molecular weight is 334 g/mol. The zero-order valence-electron chi connectivity index (χ0n) is 13.8. The van der Waals surface area contributed by atoms with Crippen LogP contribution in [0.1, 0.15) is 22.8 Å². The van der Waals surface area contributed by atoms with Crippen LogP contribution in [0.25, 0.3) is 5.57 Å². The maximum atomic E-state index is 12.8. The van der Waals surface area contributed by atoms with Gasteiger partial charge in [-0.25, -0.2) is 4.79 Å². The molecule has 2 aromatic carbocycles. The fourth-order valence-corrected chi connectivity index (χ4v) is 5.03. The summed E-state index contributed by atoms with van der Waals surface area (Å²) >= 11 is 0. The van der Waals surface area contributed by atoms with E-state index in [9.17, 15) is 9.90 Å². The molecule has 126 valence electrons. The number of esters is 1. The van der Waals surface area contributed by atoms with Gasteiger partial charge in [-0.15, -0.1) is 0 Å². The molecule has 4 atom stereocenters. The van der Waals surface area contributed by atoms with Gasteiger partial charge >= 0.3 is 5.97 Å². The SMILES string of the molecule is COC(=O)C12OC(c3ccccc31)C1C(c3ccccc3)=C(CO)C12. The van der Waals surface area contributed by atoms with Crippen molar-refractivity contribution in [3.05, 3.63) is 76.9 Å². The number of hydrogen-bond donors (Lipinski definition) is 1. The Morgan fingerprint density at radius 1 is 1.16 bits per heavy atom. The number of hydrogen-bond acceptors (Lipinski definition) is 4. The molecule has 4 nitrogen and oxygen atoms in total. The minimum atomic E-state index is -1.13. The number of aliphatic hydroxyl groups excluding tert-OH is 1. The number of rotatable bonds is 3. The molecule has 0 radical (unpaired) electrons. The first-order valence-corrected chi connectivity index (χ1v) is 8.49. The lowest BCUT2D eigenvalue weighted by Crippen LogP contribution is -2.49. The second-order valence-electron chi connectivity index (χ2n) is 6.82. The highest BCUT2D eigenvalue weighted by atomic mass is 16.6. The summed E-state index contributed by atoms with van der Waals surface area (Å²) in [5.41, 5.74) is 3.89. The van der Waals surface area contributed by atoms with Gasteiger partial charge in [-0.05, 0) is 22.3 Å². The third kappa shape index (κ3) is 1.61. The van der Waals surface area contributed by atoms with Crippen LogP contribution in [-0.4, -0.2) is 24.8 Å². The molecule has 2 heterocycles. The molecule has 3 aliphatic rings. The first kappa shape index (κ1) is 14.9. The van der Waals surface area contributed by atoms with Gasteiger partial charge in [0.25, 0.3) is 0 Å². The molecule has 4 heteroatoms. The molecular formula is C21H18O4.